The summed E-state index contributed by atoms with van der Waals surface area (Å²) in [6, 6.07) is 5.60. The molecule has 2 atom stereocenters. The lowest BCUT2D eigenvalue weighted by Gasteiger charge is -2.11. The van der Waals surface area contributed by atoms with E-state index in [1.54, 1.807) is 0 Å². The van der Waals surface area contributed by atoms with E-state index in [9.17, 15) is 4.79 Å². The second kappa shape index (κ2) is 4.33. The Kier molecular flexibility index (Phi) is 2.85. The van der Waals surface area contributed by atoms with Crippen molar-refractivity contribution in [2.24, 2.45) is 11.8 Å². The van der Waals surface area contributed by atoms with Gasteiger partial charge in [0.25, 0.3) is 0 Å². The van der Waals surface area contributed by atoms with Crippen molar-refractivity contribution in [2.75, 3.05) is 5.32 Å². The lowest BCUT2D eigenvalue weighted by atomic mass is 9.97. The molecule has 0 spiro atoms. The van der Waals surface area contributed by atoms with Crippen molar-refractivity contribution in [3.63, 3.8) is 0 Å². The first-order valence-corrected chi connectivity index (χ1v) is 7.06. The number of fused-ring (bicyclic) bond motifs is 1. The highest BCUT2D eigenvalue weighted by Crippen LogP contribution is 2.38. The Bertz CT molecular complexity index is 667. The van der Waals surface area contributed by atoms with E-state index in [4.69, 9.17) is 4.42 Å². The van der Waals surface area contributed by atoms with Crippen LogP contribution in [0.4, 0.5) is 5.69 Å². The summed E-state index contributed by atoms with van der Waals surface area (Å²) in [5.41, 5.74) is 2.21. The minimum absolute atomic E-state index is 0.108. The van der Waals surface area contributed by atoms with Gasteiger partial charge in [-0.3, -0.25) is 4.79 Å². The van der Waals surface area contributed by atoms with E-state index in [1.807, 2.05) is 18.2 Å². The predicted octanol–water partition coefficient (Wildman–Crippen LogP) is 3.72. The lowest BCUT2D eigenvalue weighted by Crippen LogP contribution is -2.14. The molecule has 1 aliphatic rings. The van der Waals surface area contributed by atoms with E-state index in [2.05, 4.69) is 38.0 Å². The van der Waals surface area contributed by atoms with Crippen LogP contribution in [0.15, 0.2) is 22.6 Å². The van der Waals surface area contributed by atoms with Crippen LogP contribution in [-0.4, -0.2) is 10.9 Å². The molecule has 20 heavy (non-hydrogen) atoms. The number of hydrogen-bond donors (Lipinski definition) is 1. The summed E-state index contributed by atoms with van der Waals surface area (Å²) in [4.78, 5) is 16.4. The Labute approximate surface area is 118 Å². The molecule has 1 saturated carbocycles. The van der Waals surface area contributed by atoms with Crippen LogP contribution >= 0.6 is 0 Å². The normalized spacial score (nSPS) is 22.0. The van der Waals surface area contributed by atoms with Gasteiger partial charge in [0, 0.05) is 17.0 Å². The molecule has 1 aliphatic carbocycles. The number of oxazole rings is 1. The van der Waals surface area contributed by atoms with Gasteiger partial charge < -0.3 is 9.73 Å². The summed E-state index contributed by atoms with van der Waals surface area (Å²) < 4.78 is 5.75. The zero-order chi connectivity index (χ0) is 14.5. The van der Waals surface area contributed by atoms with Crippen LogP contribution in [0.25, 0.3) is 11.1 Å². The quantitative estimate of drug-likeness (QED) is 0.906. The number of anilines is 1. The number of carbonyl (C=O) groups excluding carboxylic acids is 1. The van der Waals surface area contributed by atoms with Crippen molar-refractivity contribution >= 4 is 22.7 Å². The lowest BCUT2D eigenvalue weighted by molar-refractivity contribution is -0.117. The van der Waals surface area contributed by atoms with Gasteiger partial charge >= 0.3 is 0 Å². The standard InChI is InChI=1S/C16H20N2O2/c1-9-7-11(9)14(19)17-10-5-6-13-12(8-10)18-15(20-13)16(2,3)4/h5-6,8-9,11H,7H2,1-4H3,(H,17,19)/t9-,11-/m1/s1. The molecule has 3 rings (SSSR count). The summed E-state index contributed by atoms with van der Waals surface area (Å²) in [6.07, 6.45) is 0.992. The maximum atomic E-state index is 11.9. The highest BCUT2D eigenvalue weighted by atomic mass is 16.3. The van der Waals surface area contributed by atoms with Gasteiger partial charge in [0.15, 0.2) is 5.58 Å². The fourth-order valence-electron chi connectivity index (χ4n) is 2.25. The molecule has 106 valence electrons. The molecular weight excluding hydrogens is 252 g/mol. The Morgan fingerprint density at radius 3 is 2.70 bits per heavy atom. The molecule has 0 aliphatic heterocycles. The maximum Gasteiger partial charge on any atom is 0.227 e. The van der Waals surface area contributed by atoms with Crippen LogP contribution in [0, 0.1) is 11.8 Å². The monoisotopic (exact) mass is 272 g/mol. The van der Waals surface area contributed by atoms with Crippen molar-refractivity contribution in [3.8, 4) is 0 Å². The number of hydrogen-bond acceptors (Lipinski definition) is 3. The third kappa shape index (κ3) is 2.42. The van der Waals surface area contributed by atoms with E-state index in [0.29, 0.717) is 11.8 Å². The van der Waals surface area contributed by atoms with Crippen LogP contribution < -0.4 is 5.32 Å². The van der Waals surface area contributed by atoms with Gasteiger partial charge in [0.2, 0.25) is 11.8 Å². The van der Waals surface area contributed by atoms with Crippen LogP contribution in [0.5, 0.6) is 0 Å². The van der Waals surface area contributed by atoms with E-state index in [0.717, 1.165) is 23.2 Å². The first kappa shape index (κ1) is 13.2. The molecule has 1 aromatic carbocycles. The number of nitrogens with zero attached hydrogens (tertiary/aromatic N) is 1. The summed E-state index contributed by atoms with van der Waals surface area (Å²) in [6.45, 7) is 8.29. The van der Waals surface area contributed by atoms with Gasteiger partial charge in [-0.1, -0.05) is 27.7 Å². The Hall–Kier alpha value is -1.84. The zero-order valence-electron chi connectivity index (χ0n) is 12.4. The fraction of sp³-hybridized carbons (Fsp3) is 0.500. The second-order valence-electron chi connectivity index (χ2n) is 6.76. The summed E-state index contributed by atoms with van der Waals surface area (Å²) in [5.74, 6) is 1.51. The number of benzene rings is 1. The molecule has 0 bridgehead atoms. The zero-order valence-corrected chi connectivity index (χ0v) is 12.4. The van der Waals surface area contributed by atoms with E-state index in [1.165, 1.54) is 0 Å². The fourth-order valence-corrected chi connectivity index (χ4v) is 2.25. The predicted molar refractivity (Wildman–Crippen MR) is 78.6 cm³/mol. The first-order valence-electron chi connectivity index (χ1n) is 7.06. The smallest absolute Gasteiger partial charge is 0.227 e. The third-order valence-electron chi connectivity index (χ3n) is 3.74. The van der Waals surface area contributed by atoms with Crippen LogP contribution in [0.2, 0.25) is 0 Å². The van der Waals surface area contributed by atoms with E-state index in [-0.39, 0.29) is 17.2 Å². The minimum Gasteiger partial charge on any atom is -0.440 e. The van der Waals surface area contributed by atoms with Crippen LogP contribution in [0.3, 0.4) is 0 Å². The van der Waals surface area contributed by atoms with Gasteiger partial charge in [0.1, 0.15) is 5.52 Å². The third-order valence-corrected chi connectivity index (χ3v) is 3.74. The van der Waals surface area contributed by atoms with Crippen molar-refractivity contribution in [1.82, 2.24) is 4.98 Å². The molecule has 4 heteroatoms. The average molecular weight is 272 g/mol. The van der Waals surface area contributed by atoms with Crippen LogP contribution in [0.1, 0.15) is 40.0 Å². The molecule has 1 amide bonds. The van der Waals surface area contributed by atoms with Crippen molar-refractivity contribution in [1.29, 1.82) is 0 Å². The second-order valence-corrected chi connectivity index (χ2v) is 6.76. The first-order chi connectivity index (χ1) is 9.34. The number of rotatable bonds is 2. The van der Waals surface area contributed by atoms with E-state index < -0.39 is 0 Å². The average Bonchev–Trinajstić information content (AvgIpc) is 2.92. The van der Waals surface area contributed by atoms with Crippen molar-refractivity contribution < 1.29 is 9.21 Å². The molecule has 4 nitrogen and oxygen atoms in total. The van der Waals surface area contributed by atoms with Gasteiger partial charge in [-0.15, -0.1) is 0 Å². The highest BCUT2D eigenvalue weighted by molar-refractivity contribution is 5.95. The van der Waals surface area contributed by atoms with Crippen molar-refractivity contribution in [2.45, 2.75) is 39.5 Å². The topological polar surface area (TPSA) is 55.1 Å². The largest absolute Gasteiger partial charge is 0.440 e. The molecular formula is C16H20N2O2. The molecule has 2 aromatic rings. The van der Waals surface area contributed by atoms with Gasteiger partial charge in [-0.05, 0) is 30.5 Å². The number of nitrogens with one attached hydrogen (secondary N) is 1. The molecule has 0 radical (unpaired) electrons. The van der Waals surface area contributed by atoms with Gasteiger partial charge in [0.05, 0.1) is 0 Å². The number of aromatic nitrogens is 1. The SMILES string of the molecule is C[C@@H]1C[C@H]1C(=O)Nc1ccc2oc(C(C)(C)C)nc2c1. The Morgan fingerprint density at radius 2 is 2.10 bits per heavy atom. The minimum atomic E-state index is -0.119. The van der Waals surface area contributed by atoms with Crippen molar-refractivity contribution in [3.05, 3.63) is 24.1 Å². The molecule has 1 heterocycles. The molecule has 1 fully saturated rings. The van der Waals surface area contributed by atoms with Gasteiger partial charge in [-0.25, -0.2) is 4.98 Å². The summed E-state index contributed by atoms with van der Waals surface area (Å²) in [7, 11) is 0. The Morgan fingerprint density at radius 1 is 1.40 bits per heavy atom. The number of carbonyl (C=O) groups is 1. The summed E-state index contributed by atoms with van der Waals surface area (Å²) in [5, 5.41) is 2.95. The highest BCUT2D eigenvalue weighted by Gasteiger charge is 2.39. The summed E-state index contributed by atoms with van der Waals surface area (Å²) >= 11 is 0. The van der Waals surface area contributed by atoms with Crippen LogP contribution in [-0.2, 0) is 10.2 Å². The molecule has 1 aromatic heterocycles. The number of amides is 1. The molecule has 1 N–H and O–H groups in total. The van der Waals surface area contributed by atoms with Gasteiger partial charge in [-0.2, -0.15) is 0 Å². The maximum absolute atomic E-state index is 11.9. The van der Waals surface area contributed by atoms with E-state index >= 15 is 0 Å². The Balaban J connectivity index is 1.85. The molecule has 0 unspecified atom stereocenters. The molecule has 0 saturated heterocycles.